The summed E-state index contributed by atoms with van der Waals surface area (Å²) in [6.45, 7) is 3.00. The number of hydrogen-bond donors (Lipinski definition) is 1. The zero-order valence-electron chi connectivity index (χ0n) is 8.46. The van der Waals surface area contributed by atoms with Crippen molar-refractivity contribution in [1.82, 2.24) is 0 Å². The van der Waals surface area contributed by atoms with Gasteiger partial charge in [0.1, 0.15) is 0 Å². The van der Waals surface area contributed by atoms with Crippen molar-refractivity contribution >= 4 is 0 Å². The third-order valence-corrected chi connectivity index (χ3v) is 3.81. The molecule has 3 atom stereocenters. The van der Waals surface area contributed by atoms with Crippen LogP contribution in [0, 0.1) is 5.92 Å². The average Bonchev–Trinajstić information content (AvgIpc) is 2.47. The van der Waals surface area contributed by atoms with Crippen molar-refractivity contribution in [2.45, 2.75) is 57.2 Å². The van der Waals surface area contributed by atoms with Crippen molar-refractivity contribution in [1.29, 1.82) is 0 Å². The summed E-state index contributed by atoms with van der Waals surface area (Å²) in [5.41, 5.74) is 0.0619. The maximum atomic E-state index is 9.67. The Bertz CT molecular complexity index is 181. The Kier molecular flexibility index (Phi) is 2.61. The van der Waals surface area contributed by atoms with Crippen LogP contribution < -0.4 is 0 Å². The molecular weight excluding hydrogens is 164 g/mol. The summed E-state index contributed by atoms with van der Waals surface area (Å²) in [5.74, 6) is 0.697. The van der Waals surface area contributed by atoms with Crippen molar-refractivity contribution in [2.75, 3.05) is 6.61 Å². The van der Waals surface area contributed by atoms with Gasteiger partial charge in [-0.25, -0.2) is 0 Å². The second-order valence-corrected chi connectivity index (χ2v) is 4.56. The predicted molar refractivity (Wildman–Crippen MR) is 51.6 cm³/mol. The molecule has 0 aromatic rings. The molecule has 1 spiro atoms. The summed E-state index contributed by atoms with van der Waals surface area (Å²) in [4.78, 5) is 0. The van der Waals surface area contributed by atoms with E-state index in [-0.39, 0.29) is 11.7 Å². The number of rotatable bonds is 1. The SMILES string of the molecule is CCC1CCCC12CC(O)CCO2. The Labute approximate surface area is 80.3 Å². The smallest absolute Gasteiger partial charge is 0.0735 e. The lowest BCUT2D eigenvalue weighted by Gasteiger charge is -2.40. The van der Waals surface area contributed by atoms with Crippen LogP contribution in [0.2, 0.25) is 0 Å². The van der Waals surface area contributed by atoms with Gasteiger partial charge >= 0.3 is 0 Å². The van der Waals surface area contributed by atoms with Crippen molar-refractivity contribution in [2.24, 2.45) is 5.92 Å². The van der Waals surface area contributed by atoms with E-state index in [1.807, 2.05) is 0 Å². The highest BCUT2D eigenvalue weighted by Crippen LogP contribution is 2.45. The minimum absolute atomic E-state index is 0.0619. The van der Waals surface area contributed by atoms with E-state index < -0.39 is 0 Å². The average molecular weight is 184 g/mol. The fourth-order valence-corrected chi connectivity index (χ4v) is 3.11. The quantitative estimate of drug-likeness (QED) is 0.676. The Morgan fingerprint density at radius 3 is 3.00 bits per heavy atom. The highest BCUT2D eigenvalue weighted by atomic mass is 16.5. The molecule has 2 aliphatic rings. The molecule has 0 radical (unpaired) electrons. The summed E-state index contributed by atoms with van der Waals surface area (Å²) in [6, 6.07) is 0. The van der Waals surface area contributed by atoms with E-state index in [0.717, 1.165) is 19.4 Å². The summed E-state index contributed by atoms with van der Waals surface area (Å²) in [7, 11) is 0. The van der Waals surface area contributed by atoms with Gasteiger partial charge in [-0.05, 0) is 25.2 Å². The lowest BCUT2D eigenvalue weighted by Crippen LogP contribution is -2.44. The molecule has 0 amide bonds. The van der Waals surface area contributed by atoms with E-state index in [4.69, 9.17) is 4.74 Å². The summed E-state index contributed by atoms with van der Waals surface area (Å²) in [6.07, 6.45) is 6.55. The topological polar surface area (TPSA) is 29.5 Å². The van der Waals surface area contributed by atoms with Crippen LogP contribution in [0.25, 0.3) is 0 Å². The second-order valence-electron chi connectivity index (χ2n) is 4.56. The van der Waals surface area contributed by atoms with Crippen molar-refractivity contribution in [3.05, 3.63) is 0 Å². The maximum absolute atomic E-state index is 9.67. The fraction of sp³-hybridized carbons (Fsp3) is 1.00. The van der Waals surface area contributed by atoms with Gasteiger partial charge in [-0.1, -0.05) is 19.8 Å². The first-order valence-electron chi connectivity index (χ1n) is 5.59. The first-order chi connectivity index (χ1) is 6.27. The van der Waals surface area contributed by atoms with Gasteiger partial charge in [-0.3, -0.25) is 0 Å². The van der Waals surface area contributed by atoms with Crippen molar-refractivity contribution in [3.63, 3.8) is 0 Å². The Balaban J connectivity index is 2.08. The van der Waals surface area contributed by atoms with E-state index >= 15 is 0 Å². The molecule has 2 heteroatoms. The molecule has 0 aromatic heterocycles. The molecule has 3 unspecified atom stereocenters. The molecular formula is C11H20O2. The monoisotopic (exact) mass is 184 g/mol. The molecule has 0 aromatic carbocycles. The van der Waals surface area contributed by atoms with Crippen molar-refractivity contribution in [3.8, 4) is 0 Å². The van der Waals surface area contributed by atoms with Crippen molar-refractivity contribution < 1.29 is 9.84 Å². The highest BCUT2D eigenvalue weighted by molar-refractivity contribution is 4.96. The van der Waals surface area contributed by atoms with Crippen LogP contribution in [0.5, 0.6) is 0 Å². The van der Waals surface area contributed by atoms with Crippen LogP contribution in [0.4, 0.5) is 0 Å². The first-order valence-corrected chi connectivity index (χ1v) is 5.59. The minimum atomic E-state index is -0.110. The molecule has 1 heterocycles. The molecule has 76 valence electrons. The molecule has 2 fully saturated rings. The van der Waals surface area contributed by atoms with E-state index in [0.29, 0.717) is 5.92 Å². The van der Waals surface area contributed by atoms with Gasteiger partial charge in [0.2, 0.25) is 0 Å². The Morgan fingerprint density at radius 2 is 2.31 bits per heavy atom. The minimum Gasteiger partial charge on any atom is -0.393 e. The molecule has 13 heavy (non-hydrogen) atoms. The van der Waals surface area contributed by atoms with Gasteiger partial charge in [-0.2, -0.15) is 0 Å². The van der Waals surface area contributed by atoms with Gasteiger partial charge in [0.15, 0.2) is 0 Å². The fourth-order valence-electron chi connectivity index (χ4n) is 3.11. The maximum Gasteiger partial charge on any atom is 0.0735 e. The van der Waals surface area contributed by atoms with Crippen LogP contribution in [-0.2, 0) is 4.74 Å². The van der Waals surface area contributed by atoms with Gasteiger partial charge in [0.25, 0.3) is 0 Å². The molecule has 1 aliphatic heterocycles. The van der Waals surface area contributed by atoms with Crippen LogP contribution in [0.1, 0.15) is 45.4 Å². The standard InChI is InChI=1S/C11H20O2/c1-2-9-4-3-6-11(9)8-10(12)5-7-13-11/h9-10,12H,2-8H2,1H3. The van der Waals surface area contributed by atoms with E-state index in [1.54, 1.807) is 0 Å². The van der Waals surface area contributed by atoms with Crippen LogP contribution in [0.15, 0.2) is 0 Å². The lowest BCUT2D eigenvalue weighted by molar-refractivity contribution is -0.138. The van der Waals surface area contributed by atoms with E-state index in [2.05, 4.69) is 6.92 Å². The van der Waals surface area contributed by atoms with Gasteiger partial charge in [0, 0.05) is 13.0 Å². The summed E-state index contributed by atoms with van der Waals surface area (Å²) >= 11 is 0. The van der Waals surface area contributed by atoms with Gasteiger partial charge in [-0.15, -0.1) is 0 Å². The Hall–Kier alpha value is -0.0800. The number of hydrogen-bond acceptors (Lipinski definition) is 2. The summed E-state index contributed by atoms with van der Waals surface area (Å²) in [5, 5.41) is 9.67. The highest BCUT2D eigenvalue weighted by Gasteiger charge is 2.45. The largest absolute Gasteiger partial charge is 0.393 e. The van der Waals surface area contributed by atoms with E-state index in [1.165, 1.54) is 25.7 Å². The van der Waals surface area contributed by atoms with Gasteiger partial charge in [0.05, 0.1) is 11.7 Å². The second kappa shape index (κ2) is 3.58. The zero-order valence-corrected chi connectivity index (χ0v) is 8.46. The molecule has 2 rings (SSSR count). The van der Waals surface area contributed by atoms with Crippen LogP contribution in [0.3, 0.4) is 0 Å². The summed E-state index contributed by atoms with van der Waals surface area (Å²) < 4.78 is 5.94. The third kappa shape index (κ3) is 1.62. The number of aliphatic hydroxyl groups is 1. The third-order valence-electron chi connectivity index (χ3n) is 3.81. The Morgan fingerprint density at radius 1 is 1.46 bits per heavy atom. The van der Waals surface area contributed by atoms with E-state index in [9.17, 15) is 5.11 Å². The molecule has 1 aliphatic carbocycles. The molecule has 1 saturated heterocycles. The van der Waals surface area contributed by atoms with Crippen LogP contribution in [-0.4, -0.2) is 23.4 Å². The zero-order chi connectivity index (χ0) is 9.31. The normalized spacial score (nSPS) is 45.7. The molecule has 2 nitrogen and oxygen atoms in total. The molecule has 1 N–H and O–H groups in total. The molecule has 1 saturated carbocycles. The van der Waals surface area contributed by atoms with Gasteiger partial charge < -0.3 is 9.84 Å². The number of aliphatic hydroxyl groups excluding tert-OH is 1. The lowest BCUT2D eigenvalue weighted by atomic mass is 9.81. The first kappa shape index (κ1) is 9.47. The predicted octanol–water partition coefficient (Wildman–Crippen LogP) is 2.11. The number of ether oxygens (including phenoxy) is 1. The molecule has 0 bridgehead atoms. The van der Waals surface area contributed by atoms with Crippen LogP contribution >= 0.6 is 0 Å².